The van der Waals surface area contributed by atoms with Crippen LogP contribution in [0.15, 0.2) is 24.3 Å². The Morgan fingerprint density at radius 1 is 1.21 bits per heavy atom. The molecular formula is C16H28N2O. The van der Waals surface area contributed by atoms with Crippen LogP contribution in [-0.4, -0.2) is 26.7 Å². The third-order valence-electron chi connectivity index (χ3n) is 3.26. The molecule has 0 aromatic heterocycles. The first kappa shape index (κ1) is 15.8. The summed E-state index contributed by atoms with van der Waals surface area (Å²) in [4.78, 5) is 2.41. The molecule has 0 aliphatic carbocycles. The third-order valence-corrected chi connectivity index (χ3v) is 3.26. The minimum Gasteiger partial charge on any atom is -0.497 e. The molecule has 108 valence electrons. The molecule has 0 aliphatic rings. The molecule has 0 radical (unpaired) electrons. The Kier molecular flexibility index (Phi) is 7.34. The molecule has 3 heteroatoms. The highest BCUT2D eigenvalue weighted by Crippen LogP contribution is 2.22. The van der Waals surface area contributed by atoms with Crippen LogP contribution in [0.25, 0.3) is 0 Å². The van der Waals surface area contributed by atoms with Gasteiger partial charge in [0.2, 0.25) is 0 Å². The second kappa shape index (κ2) is 8.81. The van der Waals surface area contributed by atoms with E-state index in [1.165, 1.54) is 18.5 Å². The fourth-order valence-corrected chi connectivity index (χ4v) is 2.15. The third kappa shape index (κ3) is 5.97. The average molecular weight is 264 g/mol. The number of anilines is 1. The fraction of sp³-hybridized carbons (Fsp3) is 0.625. The summed E-state index contributed by atoms with van der Waals surface area (Å²) in [6.07, 6.45) is 3.52. The standard InChI is InChI=1S/C16H28N2O/c1-14(2)7-5-11-18(12-6-10-17)15-8-4-9-16(13-15)19-3/h4,8-9,13-14H,5-7,10-12,17H2,1-3H3. The molecule has 19 heavy (non-hydrogen) atoms. The summed E-state index contributed by atoms with van der Waals surface area (Å²) in [6, 6.07) is 8.28. The zero-order valence-corrected chi connectivity index (χ0v) is 12.6. The highest BCUT2D eigenvalue weighted by Gasteiger charge is 2.07. The number of benzene rings is 1. The number of hydrogen-bond acceptors (Lipinski definition) is 3. The van der Waals surface area contributed by atoms with Crippen molar-refractivity contribution in [2.45, 2.75) is 33.1 Å². The maximum Gasteiger partial charge on any atom is 0.120 e. The van der Waals surface area contributed by atoms with Crippen LogP contribution < -0.4 is 15.4 Å². The number of ether oxygens (including phenoxy) is 1. The van der Waals surface area contributed by atoms with Crippen molar-refractivity contribution < 1.29 is 4.74 Å². The van der Waals surface area contributed by atoms with E-state index in [4.69, 9.17) is 10.5 Å². The maximum atomic E-state index is 5.64. The van der Waals surface area contributed by atoms with Gasteiger partial charge >= 0.3 is 0 Å². The van der Waals surface area contributed by atoms with Crippen molar-refractivity contribution in [3.8, 4) is 5.75 Å². The molecule has 0 saturated carbocycles. The first-order valence-corrected chi connectivity index (χ1v) is 7.26. The summed E-state index contributed by atoms with van der Waals surface area (Å²) in [5.41, 5.74) is 6.87. The van der Waals surface area contributed by atoms with Crippen LogP contribution in [-0.2, 0) is 0 Å². The van der Waals surface area contributed by atoms with Gasteiger partial charge < -0.3 is 15.4 Å². The van der Waals surface area contributed by atoms with Crippen LogP contribution in [0.5, 0.6) is 5.75 Å². The molecule has 0 spiro atoms. The summed E-state index contributed by atoms with van der Waals surface area (Å²) in [6.45, 7) is 7.39. The average Bonchev–Trinajstić information content (AvgIpc) is 2.42. The highest BCUT2D eigenvalue weighted by atomic mass is 16.5. The van der Waals surface area contributed by atoms with Crippen LogP contribution in [0.2, 0.25) is 0 Å². The predicted octanol–water partition coefficient (Wildman–Crippen LogP) is 3.29. The molecule has 0 amide bonds. The number of rotatable bonds is 9. The van der Waals surface area contributed by atoms with Crippen LogP contribution in [0.4, 0.5) is 5.69 Å². The van der Waals surface area contributed by atoms with Gasteiger partial charge in [-0.1, -0.05) is 19.9 Å². The zero-order valence-electron chi connectivity index (χ0n) is 12.6. The van der Waals surface area contributed by atoms with Gasteiger partial charge in [0.15, 0.2) is 0 Å². The van der Waals surface area contributed by atoms with Gasteiger partial charge in [-0.15, -0.1) is 0 Å². The second-order valence-electron chi connectivity index (χ2n) is 5.37. The van der Waals surface area contributed by atoms with Gasteiger partial charge in [0.25, 0.3) is 0 Å². The van der Waals surface area contributed by atoms with Crippen molar-refractivity contribution in [1.29, 1.82) is 0 Å². The summed E-state index contributed by atoms with van der Waals surface area (Å²) in [5, 5.41) is 0. The van der Waals surface area contributed by atoms with Crippen molar-refractivity contribution in [2.24, 2.45) is 11.7 Å². The number of nitrogens with two attached hydrogens (primary N) is 1. The molecule has 3 nitrogen and oxygen atoms in total. The lowest BCUT2D eigenvalue weighted by atomic mass is 10.1. The molecule has 0 unspecified atom stereocenters. The molecule has 1 rings (SSSR count). The normalized spacial score (nSPS) is 10.8. The monoisotopic (exact) mass is 264 g/mol. The smallest absolute Gasteiger partial charge is 0.120 e. The summed E-state index contributed by atoms with van der Waals surface area (Å²) in [7, 11) is 1.71. The van der Waals surface area contributed by atoms with Crippen molar-refractivity contribution in [1.82, 2.24) is 0 Å². The topological polar surface area (TPSA) is 38.5 Å². The van der Waals surface area contributed by atoms with E-state index in [1.807, 2.05) is 12.1 Å². The van der Waals surface area contributed by atoms with Crippen molar-refractivity contribution in [3.63, 3.8) is 0 Å². The molecule has 2 N–H and O–H groups in total. The van der Waals surface area contributed by atoms with E-state index >= 15 is 0 Å². The largest absolute Gasteiger partial charge is 0.497 e. The lowest BCUT2D eigenvalue weighted by molar-refractivity contribution is 0.414. The molecule has 0 bridgehead atoms. The van der Waals surface area contributed by atoms with Gasteiger partial charge in [-0.25, -0.2) is 0 Å². The van der Waals surface area contributed by atoms with Gasteiger partial charge in [-0.05, 0) is 43.9 Å². The Hall–Kier alpha value is -1.22. The van der Waals surface area contributed by atoms with Gasteiger partial charge in [-0.3, -0.25) is 0 Å². The van der Waals surface area contributed by atoms with Gasteiger partial charge in [0, 0.05) is 24.8 Å². The maximum absolute atomic E-state index is 5.64. The number of nitrogens with zero attached hydrogens (tertiary/aromatic N) is 1. The first-order valence-electron chi connectivity index (χ1n) is 7.26. The molecule has 1 aromatic rings. The molecular weight excluding hydrogens is 236 g/mol. The Morgan fingerprint density at radius 2 is 1.95 bits per heavy atom. The van der Waals surface area contributed by atoms with E-state index < -0.39 is 0 Å². The van der Waals surface area contributed by atoms with Gasteiger partial charge in [0.05, 0.1) is 7.11 Å². The van der Waals surface area contributed by atoms with Crippen LogP contribution in [0.1, 0.15) is 33.1 Å². The minimum absolute atomic E-state index is 0.741. The van der Waals surface area contributed by atoms with E-state index in [-0.39, 0.29) is 0 Å². The zero-order chi connectivity index (χ0) is 14.1. The van der Waals surface area contributed by atoms with Gasteiger partial charge in [-0.2, -0.15) is 0 Å². The summed E-state index contributed by atoms with van der Waals surface area (Å²) < 4.78 is 5.30. The highest BCUT2D eigenvalue weighted by molar-refractivity contribution is 5.50. The van der Waals surface area contributed by atoms with E-state index in [0.717, 1.165) is 37.7 Å². The Morgan fingerprint density at radius 3 is 2.58 bits per heavy atom. The Bertz CT molecular complexity index is 352. The van der Waals surface area contributed by atoms with Crippen LogP contribution in [0.3, 0.4) is 0 Å². The first-order chi connectivity index (χ1) is 9.17. The summed E-state index contributed by atoms with van der Waals surface area (Å²) >= 11 is 0. The molecule has 1 aromatic carbocycles. The van der Waals surface area contributed by atoms with Crippen molar-refractivity contribution >= 4 is 5.69 Å². The SMILES string of the molecule is COc1cccc(N(CCCN)CCCC(C)C)c1. The van der Waals surface area contributed by atoms with Crippen LogP contribution >= 0.6 is 0 Å². The predicted molar refractivity (Wildman–Crippen MR) is 83.0 cm³/mol. The molecule has 0 atom stereocenters. The Balaban J connectivity index is 2.65. The van der Waals surface area contributed by atoms with E-state index in [9.17, 15) is 0 Å². The quantitative estimate of drug-likeness (QED) is 0.744. The van der Waals surface area contributed by atoms with E-state index in [2.05, 4.69) is 30.9 Å². The van der Waals surface area contributed by atoms with E-state index in [1.54, 1.807) is 7.11 Å². The summed E-state index contributed by atoms with van der Waals surface area (Å²) in [5.74, 6) is 1.68. The van der Waals surface area contributed by atoms with Gasteiger partial charge in [0.1, 0.15) is 5.75 Å². The fourth-order valence-electron chi connectivity index (χ4n) is 2.15. The minimum atomic E-state index is 0.741. The Labute approximate surface area is 117 Å². The molecule has 0 saturated heterocycles. The van der Waals surface area contributed by atoms with E-state index in [0.29, 0.717) is 0 Å². The number of methoxy groups -OCH3 is 1. The van der Waals surface area contributed by atoms with Crippen molar-refractivity contribution in [2.75, 3.05) is 31.6 Å². The molecule has 0 fully saturated rings. The molecule has 0 aliphatic heterocycles. The molecule has 0 heterocycles. The lowest BCUT2D eigenvalue weighted by Gasteiger charge is -2.25. The lowest BCUT2D eigenvalue weighted by Crippen LogP contribution is -2.27. The second-order valence-corrected chi connectivity index (χ2v) is 5.37. The van der Waals surface area contributed by atoms with Crippen molar-refractivity contribution in [3.05, 3.63) is 24.3 Å². The number of hydrogen-bond donors (Lipinski definition) is 1. The van der Waals surface area contributed by atoms with Crippen LogP contribution in [0, 0.1) is 5.92 Å².